The van der Waals surface area contributed by atoms with E-state index in [0.29, 0.717) is 12.1 Å². The molecule has 0 amide bonds. The first-order valence-corrected chi connectivity index (χ1v) is 5.89. The number of nitrogens with zero attached hydrogens (tertiary/aromatic N) is 2. The van der Waals surface area contributed by atoms with E-state index in [1.54, 1.807) is 0 Å². The number of nitrogens with one attached hydrogen (secondary N) is 1. The number of rotatable bonds is 1. The fourth-order valence-electron chi connectivity index (χ4n) is 1.98. The van der Waals surface area contributed by atoms with Gasteiger partial charge in [-0.15, -0.1) is 0 Å². The van der Waals surface area contributed by atoms with Gasteiger partial charge in [-0.2, -0.15) is 5.10 Å². The highest BCUT2D eigenvalue weighted by molar-refractivity contribution is 5.92. The van der Waals surface area contributed by atoms with E-state index in [1.807, 2.05) is 32.4 Å². The summed E-state index contributed by atoms with van der Waals surface area (Å²) in [6.07, 6.45) is 0. The molecular weight excluding hydrogens is 218 g/mol. The van der Waals surface area contributed by atoms with Gasteiger partial charge >= 0.3 is 5.97 Å². The van der Waals surface area contributed by atoms with E-state index < -0.39 is 5.60 Å². The molecule has 1 aromatic rings. The maximum atomic E-state index is 12.1. The molecule has 0 bridgehead atoms. The molecule has 0 fully saturated rings. The first-order valence-electron chi connectivity index (χ1n) is 5.89. The van der Waals surface area contributed by atoms with Gasteiger partial charge in [-0.1, -0.05) is 0 Å². The second-order valence-corrected chi connectivity index (χ2v) is 5.31. The number of hydrogen-bond acceptors (Lipinski definition) is 4. The van der Waals surface area contributed by atoms with Crippen LogP contribution in [-0.4, -0.2) is 27.9 Å². The average molecular weight is 237 g/mol. The lowest BCUT2D eigenvalue weighted by atomic mass is 10.1. The standard InChI is InChI=1S/C12H19N3O2/c1-8-10(11(16)17-12(2,3)4)9-7-13-5-6-15(9)14-8/h13H,5-7H2,1-4H3. The van der Waals surface area contributed by atoms with E-state index in [2.05, 4.69) is 10.4 Å². The highest BCUT2D eigenvalue weighted by Crippen LogP contribution is 2.20. The van der Waals surface area contributed by atoms with E-state index in [4.69, 9.17) is 4.74 Å². The Balaban J connectivity index is 2.32. The lowest BCUT2D eigenvalue weighted by Crippen LogP contribution is -2.30. The van der Waals surface area contributed by atoms with Crippen LogP contribution in [0.2, 0.25) is 0 Å². The topological polar surface area (TPSA) is 56.2 Å². The second kappa shape index (κ2) is 4.14. The van der Waals surface area contributed by atoms with Crippen LogP contribution < -0.4 is 5.32 Å². The van der Waals surface area contributed by atoms with Crippen LogP contribution in [0.3, 0.4) is 0 Å². The second-order valence-electron chi connectivity index (χ2n) is 5.31. The number of ether oxygens (including phenoxy) is 1. The predicted octanol–water partition coefficient (Wildman–Crippen LogP) is 1.25. The fraction of sp³-hybridized carbons (Fsp3) is 0.667. The minimum absolute atomic E-state index is 0.278. The van der Waals surface area contributed by atoms with Crippen LogP contribution in [0.1, 0.15) is 42.5 Å². The number of esters is 1. The van der Waals surface area contributed by atoms with Gasteiger partial charge in [0.15, 0.2) is 0 Å². The van der Waals surface area contributed by atoms with Gasteiger partial charge in [-0.25, -0.2) is 4.79 Å². The van der Waals surface area contributed by atoms with Crippen molar-refractivity contribution in [3.05, 3.63) is 17.0 Å². The molecule has 1 aliphatic rings. The third kappa shape index (κ3) is 2.49. The average Bonchev–Trinajstić information content (AvgIpc) is 2.50. The van der Waals surface area contributed by atoms with Crippen molar-refractivity contribution in [1.82, 2.24) is 15.1 Å². The summed E-state index contributed by atoms with van der Waals surface area (Å²) in [6.45, 7) is 9.83. The smallest absolute Gasteiger partial charge is 0.342 e. The highest BCUT2D eigenvalue weighted by atomic mass is 16.6. The Bertz CT molecular complexity index is 443. The third-order valence-corrected chi connectivity index (χ3v) is 2.63. The SMILES string of the molecule is Cc1nn2c(c1C(=O)OC(C)(C)C)CNCC2. The summed E-state index contributed by atoms with van der Waals surface area (Å²) in [5.41, 5.74) is 1.83. The van der Waals surface area contributed by atoms with Gasteiger partial charge in [-0.3, -0.25) is 4.68 Å². The van der Waals surface area contributed by atoms with Crippen molar-refractivity contribution in [3.8, 4) is 0 Å². The van der Waals surface area contributed by atoms with E-state index in [-0.39, 0.29) is 5.97 Å². The Hall–Kier alpha value is -1.36. The third-order valence-electron chi connectivity index (χ3n) is 2.63. The van der Waals surface area contributed by atoms with Crippen LogP contribution in [0, 0.1) is 6.92 Å². The highest BCUT2D eigenvalue weighted by Gasteiger charge is 2.27. The summed E-state index contributed by atoms with van der Waals surface area (Å²) in [7, 11) is 0. The van der Waals surface area contributed by atoms with E-state index in [9.17, 15) is 4.79 Å². The van der Waals surface area contributed by atoms with Crippen LogP contribution in [0.4, 0.5) is 0 Å². The summed E-state index contributed by atoms with van der Waals surface area (Å²) >= 11 is 0. The van der Waals surface area contributed by atoms with Crippen LogP contribution >= 0.6 is 0 Å². The number of aromatic nitrogens is 2. The molecule has 5 heteroatoms. The number of carbonyl (C=O) groups is 1. The van der Waals surface area contributed by atoms with Crippen molar-refractivity contribution in [2.75, 3.05) is 6.54 Å². The minimum atomic E-state index is -0.472. The zero-order valence-corrected chi connectivity index (χ0v) is 10.8. The van der Waals surface area contributed by atoms with Gasteiger partial charge in [0.1, 0.15) is 11.2 Å². The zero-order valence-electron chi connectivity index (χ0n) is 10.8. The summed E-state index contributed by atoms with van der Waals surface area (Å²) in [5.74, 6) is -0.278. The van der Waals surface area contributed by atoms with Crippen molar-refractivity contribution >= 4 is 5.97 Å². The van der Waals surface area contributed by atoms with Crippen LogP contribution in [0.25, 0.3) is 0 Å². The Labute approximate surface area is 101 Å². The van der Waals surface area contributed by atoms with Gasteiger partial charge in [-0.05, 0) is 27.7 Å². The number of carbonyl (C=O) groups excluding carboxylic acids is 1. The molecular formula is C12H19N3O2. The number of fused-ring (bicyclic) bond motifs is 1. The minimum Gasteiger partial charge on any atom is -0.456 e. The van der Waals surface area contributed by atoms with Crippen molar-refractivity contribution < 1.29 is 9.53 Å². The lowest BCUT2D eigenvalue weighted by Gasteiger charge is -2.21. The Morgan fingerprint density at radius 3 is 2.82 bits per heavy atom. The Morgan fingerprint density at radius 1 is 1.47 bits per heavy atom. The summed E-state index contributed by atoms with van der Waals surface area (Å²) < 4.78 is 7.30. The molecule has 0 saturated heterocycles. The molecule has 1 aromatic heterocycles. The maximum absolute atomic E-state index is 12.1. The molecule has 2 heterocycles. The molecule has 1 aliphatic heterocycles. The first kappa shape index (κ1) is 12.1. The van der Waals surface area contributed by atoms with Crippen molar-refractivity contribution in [2.24, 2.45) is 0 Å². The quantitative estimate of drug-likeness (QED) is 0.747. The first-order chi connectivity index (χ1) is 7.88. The predicted molar refractivity (Wildman–Crippen MR) is 63.8 cm³/mol. The van der Waals surface area contributed by atoms with Gasteiger partial charge in [0.25, 0.3) is 0 Å². The van der Waals surface area contributed by atoms with E-state index in [0.717, 1.165) is 24.5 Å². The summed E-state index contributed by atoms with van der Waals surface area (Å²) in [6, 6.07) is 0. The summed E-state index contributed by atoms with van der Waals surface area (Å²) in [5, 5.41) is 7.62. The van der Waals surface area contributed by atoms with E-state index >= 15 is 0 Å². The molecule has 2 rings (SSSR count). The van der Waals surface area contributed by atoms with Crippen LogP contribution in [0.5, 0.6) is 0 Å². The molecule has 1 N–H and O–H groups in total. The van der Waals surface area contributed by atoms with Gasteiger partial charge in [0.05, 0.1) is 17.9 Å². The monoisotopic (exact) mass is 237 g/mol. The molecule has 0 aliphatic carbocycles. The maximum Gasteiger partial charge on any atom is 0.342 e. The Morgan fingerprint density at radius 2 is 2.18 bits per heavy atom. The van der Waals surface area contributed by atoms with Crippen LogP contribution in [0.15, 0.2) is 0 Å². The van der Waals surface area contributed by atoms with Crippen molar-refractivity contribution in [3.63, 3.8) is 0 Å². The van der Waals surface area contributed by atoms with Crippen LogP contribution in [-0.2, 0) is 17.8 Å². The zero-order chi connectivity index (χ0) is 12.6. The molecule has 94 valence electrons. The largest absolute Gasteiger partial charge is 0.456 e. The molecule has 0 radical (unpaired) electrons. The van der Waals surface area contributed by atoms with Crippen molar-refractivity contribution in [2.45, 2.75) is 46.4 Å². The number of hydrogen-bond donors (Lipinski definition) is 1. The van der Waals surface area contributed by atoms with Crippen molar-refractivity contribution in [1.29, 1.82) is 0 Å². The Kier molecular flexibility index (Phi) is 2.95. The molecule has 0 aromatic carbocycles. The van der Waals surface area contributed by atoms with Gasteiger partial charge < -0.3 is 10.1 Å². The molecule has 5 nitrogen and oxygen atoms in total. The molecule has 0 unspecified atom stereocenters. The molecule has 0 spiro atoms. The molecule has 17 heavy (non-hydrogen) atoms. The fourth-order valence-corrected chi connectivity index (χ4v) is 1.98. The molecule has 0 saturated carbocycles. The van der Waals surface area contributed by atoms with E-state index in [1.165, 1.54) is 0 Å². The summed E-state index contributed by atoms with van der Waals surface area (Å²) in [4.78, 5) is 12.1. The normalized spacial score (nSPS) is 15.5. The van der Waals surface area contributed by atoms with Gasteiger partial charge in [0, 0.05) is 13.1 Å². The van der Waals surface area contributed by atoms with Gasteiger partial charge in [0.2, 0.25) is 0 Å². The number of aryl methyl sites for hydroxylation is 1. The molecule has 0 atom stereocenters. The lowest BCUT2D eigenvalue weighted by molar-refractivity contribution is 0.00670.